The van der Waals surface area contributed by atoms with E-state index in [1.54, 1.807) is 51.3 Å². The highest BCUT2D eigenvalue weighted by Crippen LogP contribution is 2.36. The summed E-state index contributed by atoms with van der Waals surface area (Å²) in [4.78, 5) is 32.3. The minimum Gasteiger partial charge on any atom is -0.493 e. The summed E-state index contributed by atoms with van der Waals surface area (Å²) in [6, 6.07) is 17.5. The zero-order chi connectivity index (χ0) is 30.0. The van der Waals surface area contributed by atoms with Crippen LogP contribution >= 0.6 is 57.1 Å². The molecule has 0 unspecified atom stereocenters. The number of methoxy groups -OCH3 is 1. The van der Waals surface area contributed by atoms with Gasteiger partial charge in [0, 0.05) is 24.7 Å². The first-order valence-corrected chi connectivity index (χ1v) is 15.6. The number of thiazole rings is 1. The molecule has 0 saturated carbocycles. The van der Waals surface area contributed by atoms with Crippen molar-refractivity contribution in [1.82, 2.24) is 4.57 Å². The van der Waals surface area contributed by atoms with Crippen molar-refractivity contribution in [3.63, 3.8) is 0 Å². The Bertz CT molecular complexity index is 1900. The predicted octanol–water partition coefficient (Wildman–Crippen LogP) is 6.30. The Hall–Kier alpha value is -3.12. The second-order valence-corrected chi connectivity index (χ2v) is 12.3. The average molecular weight is 735 g/mol. The molecule has 3 aromatic carbocycles. The van der Waals surface area contributed by atoms with E-state index in [1.165, 1.54) is 15.9 Å². The maximum atomic E-state index is 14.1. The molecule has 42 heavy (non-hydrogen) atoms. The molecule has 1 atom stereocenters. The number of rotatable bonds is 8. The highest BCUT2D eigenvalue weighted by molar-refractivity contribution is 14.1. The van der Waals surface area contributed by atoms with E-state index in [0.29, 0.717) is 47.7 Å². The van der Waals surface area contributed by atoms with Gasteiger partial charge in [0.15, 0.2) is 16.3 Å². The molecular weight excluding hydrogens is 710 g/mol. The molecule has 2 heterocycles. The van der Waals surface area contributed by atoms with E-state index in [9.17, 15) is 9.59 Å². The van der Waals surface area contributed by atoms with Gasteiger partial charge in [0.05, 0.1) is 29.5 Å². The third kappa shape index (κ3) is 6.01. The molecule has 0 N–H and O–H groups in total. The smallest absolute Gasteiger partial charge is 0.338 e. The van der Waals surface area contributed by atoms with E-state index < -0.39 is 12.0 Å². The Kier molecular flexibility index (Phi) is 9.41. The third-order valence-corrected chi connectivity index (χ3v) is 8.92. The lowest BCUT2D eigenvalue weighted by atomic mass is 9.96. The number of halogens is 3. The van der Waals surface area contributed by atoms with Crippen LogP contribution in [0.2, 0.25) is 10.0 Å². The molecule has 1 aliphatic heterocycles. The molecule has 0 spiro atoms. The molecule has 0 aliphatic carbocycles. The topological polar surface area (TPSA) is 79.1 Å². The average Bonchev–Trinajstić information content (AvgIpc) is 3.26. The lowest BCUT2D eigenvalue weighted by molar-refractivity contribution is -0.139. The normalized spacial score (nSPS) is 14.8. The molecule has 11 heteroatoms. The van der Waals surface area contributed by atoms with Gasteiger partial charge in [-0.15, -0.1) is 0 Å². The fourth-order valence-corrected chi connectivity index (χ4v) is 6.78. The number of fused-ring (bicyclic) bond motifs is 1. The Morgan fingerprint density at radius 2 is 1.83 bits per heavy atom. The molecule has 0 amide bonds. The Morgan fingerprint density at radius 3 is 2.52 bits per heavy atom. The molecular formula is C31H25Cl2IN2O5S. The minimum absolute atomic E-state index is 0.181. The third-order valence-electron chi connectivity index (χ3n) is 6.60. The number of benzene rings is 3. The molecule has 0 radical (unpaired) electrons. The second kappa shape index (κ2) is 13.0. The van der Waals surface area contributed by atoms with Crippen LogP contribution in [0.5, 0.6) is 11.5 Å². The van der Waals surface area contributed by atoms with Gasteiger partial charge in [-0.25, -0.2) is 9.79 Å². The summed E-state index contributed by atoms with van der Waals surface area (Å²) < 4.78 is 20.0. The van der Waals surface area contributed by atoms with Crippen LogP contribution in [-0.4, -0.2) is 24.3 Å². The number of carbonyl (C=O) groups excluding carboxylic acids is 1. The number of aromatic nitrogens is 1. The van der Waals surface area contributed by atoms with Crippen molar-refractivity contribution in [1.29, 1.82) is 0 Å². The molecule has 1 aromatic heterocycles. The Balaban J connectivity index is 1.68. The van der Waals surface area contributed by atoms with Gasteiger partial charge in [-0.1, -0.05) is 70.9 Å². The van der Waals surface area contributed by atoms with Crippen molar-refractivity contribution in [2.45, 2.75) is 26.5 Å². The van der Waals surface area contributed by atoms with Crippen LogP contribution in [0.1, 0.15) is 36.6 Å². The Labute approximate surface area is 269 Å². The van der Waals surface area contributed by atoms with Gasteiger partial charge >= 0.3 is 5.97 Å². The van der Waals surface area contributed by atoms with Gasteiger partial charge in [-0.3, -0.25) is 9.36 Å². The summed E-state index contributed by atoms with van der Waals surface area (Å²) in [5.74, 6) is 0.438. The van der Waals surface area contributed by atoms with Crippen LogP contribution in [0.3, 0.4) is 0 Å². The van der Waals surface area contributed by atoms with Crippen LogP contribution in [0, 0.1) is 3.57 Å². The fraction of sp³-hybridized carbons (Fsp3) is 0.194. The van der Waals surface area contributed by atoms with E-state index in [0.717, 1.165) is 9.13 Å². The molecule has 216 valence electrons. The molecule has 4 aromatic rings. The fourth-order valence-electron chi connectivity index (χ4n) is 4.69. The molecule has 0 saturated heterocycles. The van der Waals surface area contributed by atoms with Crippen molar-refractivity contribution < 1.29 is 19.0 Å². The zero-order valence-electron chi connectivity index (χ0n) is 22.8. The van der Waals surface area contributed by atoms with Crippen molar-refractivity contribution in [2.24, 2.45) is 4.99 Å². The standard InChI is InChI=1S/C31H25Cl2IN2O5S/c1-4-40-30(38)26-17(2)35-31-36(27(26)21-10-6-8-12-23(21)33)29(37)25(42-31)14-19-13-20(34)15-24(39-3)28(19)41-16-18-9-5-7-11-22(18)32/h5-15,27H,4,16H2,1-3H3/b25-14-/t27-/m0/s1. The monoisotopic (exact) mass is 734 g/mol. The maximum absolute atomic E-state index is 14.1. The molecule has 0 fully saturated rings. The molecule has 5 rings (SSSR count). The van der Waals surface area contributed by atoms with Gasteiger partial charge in [-0.2, -0.15) is 0 Å². The van der Waals surface area contributed by atoms with E-state index >= 15 is 0 Å². The number of allylic oxidation sites excluding steroid dienone is 1. The van der Waals surface area contributed by atoms with Crippen LogP contribution in [-0.2, 0) is 16.1 Å². The quantitative estimate of drug-likeness (QED) is 0.157. The number of esters is 1. The van der Waals surface area contributed by atoms with E-state index in [-0.39, 0.29) is 24.3 Å². The van der Waals surface area contributed by atoms with Crippen LogP contribution in [0.25, 0.3) is 6.08 Å². The summed E-state index contributed by atoms with van der Waals surface area (Å²) in [5.41, 5.74) is 2.46. The lowest BCUT2D eigenvalue weighted by Gasteiger charge is -2.25. The summed E-state index contributed by atoms with van der Waals surface area (Å²) in [6.45, 7) is 3.85. The molecule has 7 nitrogen and oxygen atoms in total. The summed E-state index contributed by atoms with van der Waals surface area (Å²) in [6.07, 6.45) is 1.75. The van der Waals surface area contributed by atoms with Crippen LogP contribution < -0.4 is 24.4 Å². The number of carbonyl (C=O) groups is 1. The van der Waals surface area contributed by atoms with Crippen LogP contribution in [0.15, 0.2) is 81.7 Å². The van der Waals surface area contributed by atoms with E-state index in [1.807, 2.05) is 36.4 Å². The van der Waals surface area contributed by atoms with Gasteiger partial charge in [0.1, 0.15) is 12.6 Å². The first kappa shape index (κ1) is 30.3. The van der Waals surface area contributed by atoms with Crippen molar-refractivity contribution in [2.75, 3.05) is 13.7 Å². The van der Waals surface area contributed by atoms with Gasteiger partial charge < -0.3 is 14.2 Å². The van der Waals surface area contributed by atoms with Crippen molar-refractivity contribution >= 4 is 69.2 Å². The number of ether oxygens (including phenoxy) is 3. The number of hydrogen-bond donors (Lipinski definition) is 0. The highest BCUT2D eigenvalue weighted by Gasteiger charge is 2.34. The molecule has 0 bridgehead atoms. The van der Waals surface area contributed by atoms with Crippen molar-refractivity contribution in [3.8, 4) is 11.5 Å². The van der Waals surface area contributed by atoms with E-state index in [4.69, 9.17) is 37.4 Å². The lowest BCUT2D eigenvalue weighted by Crippen LogP contribution is -2.40. The SMILES string of the molecule is CCOC(=O)C1=C(C)N=c2s/c(=C\c3cc(I)cc(OC)c3OCc3ccccc3Cl)c(=O)n2[C@H]1c1ccccc1Cl. The summed E-state index contributed by atoms with van der Waals surface area (Å²) in [7, 11) is 1.56. The largest absolute Gasteiger partial charge is 0.493 e. The van der Waals surface area contributed by atoms with Gasteiger partial charge in [0.2, 0.25) is 0 Å². The van der Waals surface area contributed by atoms with Crippen LogP contribution in [0.4, 0.5) is 0 Å². The molecule has 1 aliphatic rings. The summed E-state index contributed by atoms with van der Waals surface area (Å²) >= 11 is 16.4. The van der Waals surface area contributed by atoms with Gasteiger partial charge in [0.25, 0.3) is 5.56 Å². The first-order chi connectivity index (χ1) is 20.2. The predicted molar refractivity (Wildman–Crippen MR) is 173 cm³/mol. The van der Waals surface area contributed by atoms with E-state index in [2.05, 4.69) is 27.6 Å². The minimum atomic E-state index is -0.808. The van der Waals surface area contributed by atoms with Gasteiger partial charge in [-0.05, 0) is 72.3 Å². The Morgan fingerprint density at radius 1 is 1.12 bits per heavy atom. The summed E-state index contributed by atoms with van der Waals surface area (Å²) in [5, 5.41) is 1.01. The number of nitrogens with zero attached hydrogens (tertiary/aromatic N) is 2. The highest BCUT2D eigenvalue weighted by atomic mass is 127. The zero-order valence-corrected chi connectivity index (χ0v) is 27.3. The second-order valence-electron chi connectivity index (χ2n) is 9.23. The number of hydrogen-bond acceptors (Lipinski definition) is 7. The van der Waals surface area contributed by atoms with Crippen molar-refractivity contribution in [3.05, 3.63) is 122 Å². The maximum Gasteiger partial charge on any atom is 0.338 e. The first-order valence-electron chi connectivity index (χ1n) is 12.9.